The quantitative estimate of drug-likeness (QED) is 0.636. The summed E-state index contributed by atoms with van der Waals surface area (Å²) in [4.78, 5) is 11.4. The number of carbonyl (C=O) groups excluding carboxylic acids is 1. The summed E-state index contributed by atoms with van der Waals surface area (Å²) in [5.74, 6) is 0.870. The molecule has 1 aromatic rings. The zero-order valence-corrected chi connectivity index (χ0v) is 10.2. The molecule has 0 aliphatic heterocycles. The molecular weight excluding hydrogens is 262 g/mol. The summed E-state index contributed by atoms with van der Waals surface area (Å²) in [5.41, 5.74) is 0. The highest BCUT2D eigenvalue weighted by molar-refractivity contribution is 9.09. The van der Waals surface area contributed by atoms with Gasteiger partial charge in [0, 0.05) is 11.9 Å². The molecule has 0 saturated carbocycles. The van der Waals surface area contributed by atoms with Crippen molar-refractivity contribution in [2.75, 3.05) is 25.1 Å². The molecule has 5 heteroatoms. The number of ether oxygens (including phenoxy) is 1. The van der Waals surface area contributed by atoms with Gasteiger partial charge in [-0.05, 0) is 19.1 Å². The number of amides is 1. The molecule has 0 spiro atoms. The molecule has 1 N–H and O–H groups in total. The first-order chi connectivity index (χ1) is 7.24. The van der Waals surface area contributed by atoms with Gasteiger partial charge in [-0.3, -0.25) is 4.79 Å². The third-order valence-corrected chi connectivity index (χ3v) is 2.04. The molecule has 1 aromatic heterocycles. The fourth-order valence-electron chi connectivity index (χ4n) is 1.04. The van der Waals surface area contributed by atoms with Crippen molar-refractivity contribution in [2.45, 2.75) is 6.92 Å². The predicted molar refractivity (Wildman–Crippen MR) is 60.4 cm³/mol. The highest BCUT2D eigenvalue weighted by atomic mass is 79.9. The highest BCUT2D eigenvalue weighted by Gasteiger charge is 2.08. The first-order valence-corrected chi connectivity index (χ1v) is 5.84. The lowest BCUT2D eigenvalue weighted by Crippen LogP contribution is -2.27. The number of aryl methyl sites for hydroxylation is 1. The molecule has 15 heavy (non-hydrogen) atoms. The van der Waals surface area contributed by atoms with Crippen LogP contribution in [0.5, 0.6) is 0 Å². The van der Waals surface area contributed by atoms with Crippen molar-refractivity contribution >= 4 is 21.8 Å². The van der Waals surface area contributed by atoms with Gasteiger partial charge in [-0.15, -0.1) is 0 Å². The molecule has 0 radical (unpaired) electrons. The summed E-state index contributed by atoms with van der Waals surface area (Å²) in [5, 5.41) is 3.50. The second-order valence-electron chi connectivity index (χ2n) is 2.97. The second kappa shape index (κ2) is 6.63. The van der Waals surface area contributed by atoms with Gasteiger partial charge in [-0.2, -0.15) is 0 Å². The number of halogens is 1. The van der Waals surface area contributed by atoms with E-state index in [4.69, 9.17) is 9.15 Å². The van der Waals surface area contributed by atoms with Gasteiger partial charge in [0.1, 0.15) is 5.76 Å². The van der Waals surface area contributed by atoms with Crippen LogP contribution in [-0.4, -0.2) is 31.0 Å². The summed E-state index contributed by atoms with van der Waals surface area (Å²) in [7, 11) is 0. The topological polar surface area (TPSA) is 51.5 Å². The molecule has 1 heterocycles. The third-order valence-electron chi connectivity index (χ3n) is 1.72. The van der Waals surface area contributed by atoms with E-state index in [1.165, 1.54) is 0 Å². The minimum Gasteiger partial charge on any atom is -0.456 e. The Morgan fingerprint density at radius 1 is 1.53 bits per heavy atom. The smallest absolute Gasteiger partial charge is 0.287 e. The van der Waals surface area contributed by atoms with E-state index in [9.17, 15) is 4.79 Å². The number of carbonyl (C=O) groups is 1. The summed E-state index contributed by atoms with van der Waals surface area (Å²) < 4.78 is 10.3. The van der Waals surface area contributed by atoms with Gasteiger partial charge < -0.3 is 14.5 Å². The van der Waals surface area contributed by atoms with Crippen molar-refractivity contribution in [1.29, 1.82) is 0 Å². The van der Waals surface area contributed by atoms with Crippen molar-refractivity contribution < 1.29 is 13.9 Å². The van der Waals surface area contributed by atoms with Crippen LogP contribution in [-0.2, 0) is 4.74 Å². The van der Waals surface area contributed by atoms with Gasteiger partial charge in [0.2, 0.25) is 0 Å². The van der Waals surface area contributed by atoms with Gasteiger partial charge >= 0.3 is 0 Å². The molecule has 4 nitrogen and oxygen atoms in total. The average molecular weight is 276 g/mol. The number of hydrogen-bond donors (Lipinski definition) is 1. The number of alkyl halides is 1. The molecule has 84 valence electrons. The number of rotatable bonds is 6. The van der Waals surface area contributed by atoms with Crippen molar-refractivity contribution in [3.05, 3.63) is 23.7 Å². The van der Waals surface area contributed by atoms with Crippen LogP contribution in [0.4, 0.5) is 0 Å². The molecule has 0 unspecified atom stereocenters. The molecule has 0 atom stereocenters. The zero-order chi connectivity index (χ0) is 11.1. The Bertz CT molecular complexity index is 311. The van der Waals surface area contributed by atoms with E-state index in [1.807, 2.05) is 0 Å². The maximum atomic E-state index is 11.4. The van der Waals surface area contributed by atoms with Crippen LogP contribution in [0.2, 0.25) is 0 Å². The van der Waals surface area contributed by atoms with Gasteiger partial charge in [0.25, 0.3) is 5.91 Å². The lowest BCUT2D eigenvalue weighted by Gasteiger charge is -2.03. The maximum Gasteiger partial charge on any atom is 0.287 e. The standard InChI is InChI=1S/C10H14BrNO3/c1-8-2-3-9(15-8)10(13)12-5-7-14-6-4-11/h2-3H,4-7H2,1H3,(H,12,13). The molecule has 0 bridgehead atoms. The Morgan fingerprint density at radius 2 is 2.33 bits per heavy atom. The van der Waals surface area contributed by atoms with Gasteiger partial charge in [0.05, 0.1) is 13.2 Å². The average Bonchev–Trinajstić information content (AvgIpc) is 2.64. The van der Waals surface area contributed by atoms with Crippen LogP contribution in [0, 0.1) is 6.92 Å². The largest absolute Gasteiger partial charge is 0.456 e. The first-order valence-electron chi connectivity index (χ1n) is 4.72. The number of hydrogen-bond acceptors (Lipinski definition) is 3. The Balaban J connectivity index is 2.19. The van der Waals surface area contributed by atoms with Crippen molar-refractivity contribution in [3.63, 3.8) is 0 Å². The highest BCUT2D eigenvalue weighted by Crippen LogP contribution is 2.05. The van der Waals surface area contributed by atoms with Gasteiger partial charge in [-0.1, -0.05) is 15.9 Å². The summed E-state index contributed by atoms with van der Waals surface area (Å²) in [6.45, 7) is 3.45. The van der Waals surface area contributed by atoms with E-state index in [1.54, 1.807) is 19.1 Å². The van der Waals surface area contributed by atoms with Crippen LogP contribution in [0.25, 0.3) is 0 Å². The first kappa shape index (κ1) is 12.3. The molecule has 1 amide bonds. The molecule has 0 saturated heterocycles. The zero-order valence-electron chi connectivity index (χ0n) is 8.59. The molecule has 1 rings (SSSR count). The fourth-order valence-corrected chi connectivity index (χ4v) is 1.27. The molecule has 0 aliphatic rings. The van der Waals surface area contributed by atoms with E-state index < -0.39 is 0 Å². The van der Waals surface area contributed by atoms with Crippen molar-refractivity contribution in [3.8, 4) is 0 Å². The van der Waals surface area contributed by atoms with Crippen LogP contribution < -0.4 is 5.32 Å². The van der Waals surface area contributed by atoms with E-state index in [2.05, 4.69) is 21.2 Å². The van der Waals surface area contributed by atoms with E-state index >= 15 is 0 Å². The fraction of sp³-hybridized carbons (Fsp3) is 0.500. The third kappa shape index (κ3) is 4.48. The SMILES string of the molecule is Cc1ccc(C(=O)NCCOCCBr)o1. The summed E-state index contributed by atoms with van der Waals surface area (Å²) >= 11 is 3.24. The Morgan fingerprint density at radius 3 is 2.93 bits per heavy atom. The van der Waals surface area contributed by atoms with E-state index in [0.29, 0.717) is 25.5 Å². The monoisotopic (exact) mass is 275 g/mol. The Labute approximate surface area is 97.1 Å². The lowest BCUT2D eigenvalue weighted by molar-refractivity contribution is 0.0896. The van der Waals surface area contributed by atoms with Crippen LogP contribution in [0.1, 0.15) is 16.3 Å². The lowest BCUT2D eigenvalue weighted by atomic mass is 10.4. The molecular formula is C10H14BrNO3. The minimum atomic E-state index is -0.203. The molecule has 0 fully saturated rings. The Kier molecular flexibility index (Phi) is 5.42. The predicted octanol–water partition coefficient (Wildman–Crippen LogP) is 1.73. The van der Waals surface area contributed by atoms with Crippen molar-refractivity contribution in [2.24, 2.45) is 0 Å². The maximum absolute atomic E-state index is 11.4. The van der Waals surface area contributed by atoms with Gasteiger partial charge in [0.15, 0.2) is 5.76 Å². The number of nitrogens with one attached hydrogen (secondary N) is 1. The van der Waals surface area contributed by atoms with Crippen molar-refractivity contribution in [1.82, 2.24) is 5.32 Å². The molecule has 0 aromatic carbocycles. The number of furan rings is 1. The van der Waals surface area contributed by atoms with Crippen LogP contribution in [0.3, 0.4) is 0 Å². The summed E-state index contributed by atoms with van der Waals surface area (Å²) in [6, 6.07) is 3.42. The van der Waals surface area contributed by atoms with Crippen LogP contribution >= 0.6 is 15.9 Å². The Hall–Kier alpha value is -0.810. The molecule has 0 aliphatic carbocycles. The van der Waals surface area contributed by atoms with E-state index in [0.717, 1.165) is 11.1 Å². The second-order valence-corrected chi connectivity index (χ2v) is 3.76. The van der Waals surface area contributed by atoms with Crippen LogP contribution in [0.15, 0.2) is 16.5 Å². The normalized spacial score (nSPS) is 10.3. The minimum absolute atomic E-state index is 0.203. The van der Waals surface area contributed by atoms with E-state index in [-0.39, 0.29) is 5.91 Å². The van der Waals surface area contributed by atoms with Gasteiger partial charge in [-0.25, -0.2) is 0 Å². The summed E-state index contributed by atoms with van der Waals surface area (Å²) in [6.07, 6.45) is 0.